The van der Waals surface area contributed by atoms with Gasteiger partial charge in [-0.3, -0.25) is 0 Å². The van der Waals surface area contributed by atoms with Gasteiger partial charge in [0.05, 0.1) is 18.8 Å². The van der Waals surface area contributed by atoms with Crippen molar-refractivity contribution in [1.82, 2.24) is 0 Å². The van der Waals surface area contributed by atoms with Crippen LogP contribution in [0.2, 0.25) is 0 Å². The third kappa shape index (κ3) is 5.59. The molecule has 0 radical (unpaired) electrons. The summed E-state index contributed by atoms with van der Waals surface area (Å²) in [6.07, 6.45) is 13.5. The number of hydrogen-bond acceptors (Lipinski definition) is 3. The van der Waals surface area contributed by atoms with Crippen LogP contribution in [-0.2, 0) is 11.2 Å². The summed E-state index contributed by atoms with van der Waals surface area (Å²) in [5, 5.41) is 11.0. The Labute approximate surface area is 187 Å². The summed E-state index contributed by atoms with van der Waals surface area (Å²) in [7, 11) is 1.42. The van der Waals surface area contributed by atoms with E-state index >= 15 is 0 Å². The summed E-state index contributed by atoms with van der Waals surface area (Å²) < 4.78 is 4.82. The minimum absolute atomic E-state index is 0.132. The topological polar surface area (TPSA) is 46.5 Å². The fraction of sp³-hybridized carbons (Fsp3) is 0.731. The molecule has 2 unspecified atom stereocenters. The van der Waals surface area contributed by atoms with Crippen LogP contribution in [0.25, 0.3) is 0 Å². The van der Waals surface area contributed by atoms with Crippen molar-refractivity contribution in [2.24, 2.45) is 17.3 Å². The Morgan fingerprint density at radius 2 is 2.07 bits per heavy atom. The van der Waals surface area contributed by atoms with Crippen LogP contribution in [0.3, 0.4) is 0 Å². The number of hydrogen-bond donors (Lipinski definition) is 1. The zero-order valence-electron chi connectivity index (χ0n) is 18.7. The highest BCUT2D eigenvalue weighted by Gasteiger charge is 2.41. The van der Waals surface area contributed by atoms with Crippen LogP contribution >= 0.6 is 11.6 Å². The van der Waals surface area contributed by atoms with Gasteiger partial charge in [0.2, 0.25) is 0 Å². The van der Waals surface area contributed by atoms with Crippen molar-refractivity contribution < 1.29 is 14.6 Å². The first-order valence-corrected chi connectivity index (χ1v) is 12.4. The van der Waals surface area contributed by atoms with Crippen LogP contribution in [0.4, 0.5) is 0 Å². The van der Waals surface area contributed by atoms with E-state index in [2.05, 4.69) is 13.0 Å². The Hall–Kier alpha value is -1.06. The highest BCUT2D eigenvalue weighted by Crippen LogP contribution is 2.48. The molecule has 3 rings (SSSR count). The second-order valence-corrected chi connectivity index (χ2v) is 10.2. The lowest BCUT2D eigenvalue weighted by Gasteiger charge is -2.45. The van der Waals surface area contributed by atoms with Crippen molar-refractivity contribution in [3.8, 4) is 0 Å². The Bertz CT molecular complexity index is 679. The molecule has 2 aliphatic rings. The third-order valence-corrected chi connectivity index (χ3v) is 8.59. The maximum atomic E-state index is 11.7. The van der Waals surface area contributed by atoms with E-state index in [-0.39, 0.29) is 17.5 Å². The van der Waals surface area contributed by atoms with Gasteiger partial charge in [-0.1, -0.05) is 31.9 Å². The number of esters is 1. The van der Waals surface area contributed by atoms with E-state index in [0.717, 1.165) is 44.9 Å². The smallest absolute Gasteiger partial charge is 0.337 e. The zero-order chi connectivity index (χ0) is 21.6. The minimum atomic E-state index is -0.272. The standard InChI is InChI=1S/C26H39ClO3/c1-3-26(16-7-17-26)24(28)13-6-12-22-20(14-15-23(22)27)10-4-8-19-9-5-11-21(18-19)25(29)30-2/h5,9,11,18,20,22-24,28H,3-4,6-8,10,12-17H2,1-2H3/t20-,22?,23+,24?/m0/s1. The van der Waals surface area contributed by atoms with E-state index < -0.39 is 0 Å². The number of rotatable bonds is 11. The molecule has 0 spiro atoms. The minimum Gasteiger partial charge on any atom is -0.465 e. The predicted molar refractivity (Wildman–Crippen MR) is 123 cm³/mol. The zero-order valence-corrected chi connectivity index (χ0v) is 19.5. The maximum absolute atomic E-state index is 11.7. The number of methoxy groups -OCH3 is 1. The Balaban J connectivity index is 1.43. The summed E-state index contributed by atoms with van der Waals surface area (Å²) in [5.74, 6) is 1.00. The highest BCUT2D eigenvalue weighted by molar-refractivity contribution is 6.21. The molecule has 0 aliphatic heterocycles. The number of halogens is 1. The molecule has 0 saturated heterocycles. The molecule has 2 saturated carbocycles. The van der Waals surface area contributed by atoms with Crippen LogP contribution in [-0.4, -0.2) is 29.7 Å². The van der Waals surface area contributed by atoms with Crippen LogP contribution in [0.15, 0.2) is 24.3 Å². The van der Waals surface area contributed by atoms with Crippen LogP contribution in [0.5, 0.6) is 0 Å². The van der Waals surface area contributed by atoms with Gasteiger partial charge in [-0.05, 0) is 99.2 Å². The van der Waals surface area contributed by atoms with Gasteiger partial charge in [0.15, 0.2) is 0 Å². The summed E-state index contributed by atoms with van der Waals surface area (Å²) in [6.45, 7) is 2.23. The molecule has 168 valence electrons. The number of carbonyl (C=O) groups excluding carboxylic acids is 1. The van der Waals surface area contributed by atoms with Gasteiger partial charge in [0.25, 0.3) is 0 Å². The van der Waals surface area contributed by atoms with Gasteiger partial charge in [-0.2, -0.15) is 0 Å². The first-order valence-electron chi connectivity index (χ1n) is 12.0. The number of aliphatic hydroxyl groups excluding tert-OH is 1. The predicted octanol–water partition coefficient (Wildman–Crippen LogP) is 6.54. The average Bonchev–Trinajstić information content (AvgIpc) is 3.07. The Morgan fingerprint density at radius 1 is 1.27 bits per heavy atom. The largest absolute Gasteiger partial charge is 0.465 e. The lowest BCUT2D eigenvalue weighted by Crippen LogP contribution is -2.40. The summed E-state index contributed by atoms with van der Waals surface area (Å²) in [6, 6.07) is 7.79. The number of alkyl halides is 1. The molecule has 2 aliphatic carbocycles. The number of carbonyl (C=O) groups is 1. The molecule has 3 nitrogen and oxygen atoms in total. The maximum Gasteiger partial charge on any atom is 0.337 e. The van der Waals surface area contributed by atoms with E-state index in [0.29, 0.717) is 22.8 Å². The second kappa shape index (κ2) is 11.0. The van der Waals surface area contributed by atoms with E-state index in [4.69, 9.17) is 16.3 Å². The molecule has 2 fully saturated rings. The van der Waals surface area contributed by atoms with Gasteiger partial charge in [0.1, 0.15) is 0 Å². The molecule has 4 heteroatoms. The van der Waals surface area contributed by atoms with Crippen molar-refractivity contribution in [3.63, 3.8) is 0 Å². The van der Waals surface area contributed by atoms with Crippen molar-refractivity contribution in [3.05, 3.63) is 35.4 Å². The normalized spacial score (nSPS) is 26.2. The fourth-order valence-corrected chi connectivity index (χ4v) is 6.28. The average molecular weight is 435 g/mol. The molecule has 0 bridgehead atoms. The molecule has 0 heterocycles. The Kier molecular flexibility index (Phi) is 8.65. The monoisotopic (exact) mass is 434 g/mol. The van der Waals surface area contributed by atoms with Crippen molar-refractivity contribution >= 4 is 17.6 Å². The molecule has 30 heavy (non-hydrogen) atoms. The fourth-order valence-electron chi connectivity index (χ4n) is 5.82. The van der Waals surface area contributed by atoms with Crippen LogP contribution in [0, 0.1) is 17.3 Å². The summed E-state index contributed by atoms with van der Waals surface area (Å²) >= 11 is 6.70. The number of ether oxygens (including phenoxy) is 1. The van der Waals surface area contributed by atoms with E-state index in [1.165, 1.54) is 44.8 Å². The third-order valence-electron chi connectivity index (χ3n) is 8.05. The molecule has 1 aromatic carbocycles. The molecular weight excluding hydrogens is 396 g/mol. The van der Waals surface area contributed by atoms with E-state index in [1.54, 1.807) is 6.07 Å². The molecule has 1 aromatic rings. The number of aliphatic hydroxyl groups is 1. The Morgan fingerprint density at radius 3 is 2.73 bits per heavy atom. The first-order chi connectivity index (χ1) is 14.5. The molecular formula is C26H39ClO3. The van der Waals surface area contributed by atoms with E-state index in [1.807, 2.05) is 12.1 Å². The summed E-state index contributed by atoms with van der Waals surface area (Å²) in [5.41, 5.74) is 2.04. The van der Waals surface area contributed by atoms with Gasteiger partial charge in [-0.15, -0.1) is 11.6 Å². The van der Waals surface area contributed by atoms with Gasteiger partial charge < -0.3 is 9.84 Å². The lowest BCUT2D eigenvalue weighted by atomic mass is 9.62. The van der Waals surface area contributed by atoms with Crippen molar-refractivity contribution in [1.29, 1.82) is 0 Å². The van der Waals surface area contributed by atoms with Crippen molar-refractivity contribution in [2.75, 3.05) is 7.11 Å². The SMILES string of the molecule is CCC1(C(O)CCCC2[C@@H](CCCc3cccc(C(=O)OC)c3)CC[C@H]2Cl)CCC1. The first kappa shape index (κ1) is 23.6. The van der Waals surface area contributed by atoms with Crippen molar-refractivity contribution in [2.45, 2.75) is 95.5 Å². The molecule has 0 aromatic heterocycles. The molecule has 4 atom stereocenters. The molecule has 0 amide bonds. The lowest BCUT2D eigenvalue weighted by molar-refractivity contribution is -0.0437. The highest BCUT2D eigenvalue weighted by atomic mass is 35.5. The van der Waals surface area contributed by atoms with Crippen LogP contribution in [0.1, 0.15) is 93.5 Å². The van der Waals surface area contributed by atoms with Gasteiger partial charge in [-0.25, -0.2) is 4.79 Å². The summed E-state index contributed by atoms with van der Waals surface area (Å²) in [4.78, 5) is 11.7. The van der Waals surface area contributed by atoms with E-state index in [9.17, 15) is 9.90 Å². The molecule has 1 N–H and O–H groups in total. The second-order valence-electron chi connectivity index (χ2n) is 9.62. The van der Waals surface area contributed by atoms with Gasteiger partial charge >= 0.3 is 5.97 Å². The number of benzene rings is 1. The van der Waals surface area contributed by atoms with Gasteiger partial charge in [0, 0.05) is 5.38 Å². The quantitative estimate of drug-likeness (QED) is 0.317. The van der Waals surface area contributed by atoms with Crippen LogP contribution < -0.4 is 0 Å². The number of aryl methyl sites for hydroxylation is 1.